The van der Waals surface area contributed by atoms with Crippen LogP contribution in [0.15, 0.2) is 48.5 Å². The van der Waals surface area contributed by atoms with Gasteiger partial charge in [-0.05, 0) is 50.2 Å². The number of amides is 1. The van der Waals surface area contributed by atoms with Gasteiger partial charge in [0.15, 0.2) is 12.4 Å². The average molecular weight is 390 g/mol. The number of benzene rings is 2. The molecule has 0 heterocycles. The molecule has 0 unspecified atom stereocenters. The van der Waals surface area contributed by atoms with Gasteiger partial charge in [0.25, 0.3) is 5.91 Å². The van der Waals surface area contributed by atoms with Crippen LogP contribution < -0.4 is 10.1 Å². The summed E-state index contributed by atoms with van der Waals surface area (Å²) in [6.07, 6.45) is 0. The van der Waals surface area contributed by atoms with Gasteiger partial charge in [0, 0.05) is 5.56 Å². The maximum absolute atomic E-state index is 12.1. The third-order valence-corrected chi connectivity index (χ3v) is 3.98. The van der Waals surface area contributed by atoms with Crippen molar-refractivity contribution in [1.82, 2.24) is 5.32 Å². The van der Waals surface area contributed by atoms with Crippen LogP contribution in [0.5, 0.6) is 5.75 Å². The maximum Gasteiger partial charge on any atom is 0.328 e. The van der Waals surface area contributed by atoms with E-state index in [1.807, 2.05) is 6.92 Å². The van der Waals surface area contributed by atoms with E-state index in [0.717, 1.165) is 0 Å². The highest BCUT2D eigenvalue weighted by Crippen LogP contribution is 2.15. The first-order valence-corrected chi connectivity index (χ1v) is 8.78. The van der Waals surface area contributed by atoms with Gasteiger partial charge in [-0.3, -0.25) is 9.59 Å². The van der Waals surface area contributed by atoms with Gasteiger partial charge >= 0.3 is 5.97 Å². The second-order valence-electron chi connectivity index (χ2n) is 5.66. The molecule has 0 fully saturated rings. The van der Waals surface area contributed by atoms with Crippen molar-refractivity contribution >= 4 is 29.3 Å². The number of halogens is 1. The number of carbonyl (C=O) groups is 3. The number of hydrogen-bond donors (Lipinski definition) is 1. The third kappa shape index (κ3) is 5.82. The van der Waals surface area contributed by atoms with E-state index in [1.165, 1.54) is 6.92 Å². The highest BCUT2D eigenvalue weighted by molar-refractivity contribution is 6.33. The highest BCUT2D eigenvalue weighted by atomic mass is 35.5. The molecule has 0 bridgehead atoms. The lowest BCUT2D eigenvalue weighted by molar-refractivity contribution is -0.144. The van der Waals surface area contributed by atoms with Gasteiger partial charge in [0.2, 0.25) is 0 Å². The van der Waals surface area contributed by atoms with Crippen LogP contribution in [0.4, 0.5) is 0 Å². The van der Waals surface area contributed by atoms with Gasteiger partial charge in [0.1, 0.15) is 11.8 Å². The Hall–Kier alpha value is -2.86. The van der Waals surface area contributed by atoms with E-state index in [4.69, 9.17) is 21.1 Å². The molecule has 2 rings (SSSR count). The van der Waals surface area contributed by atoms with Crippen molar-refractivity contribution in [3.8, 4) is 5.75 Å². The summed E-state index contributed by atoms with van der Waals surface area (Å²) in [6, 6.07) is 12.1. The molecule has 2 aromatic carbocycles. The van der Waals surface area contributed by atoms with Crippen LogP contribution in [-0.2, 0) is 9.53 Å². The molecule has 142 valence electrons. The molecule has 2 aromatic rings. The fraction of sp³-hybridized carbons (Fsp3) is 0.250. The average Bonchev–Trinajstić information content (AvgIpc) is 2.66. The van der Waals surface area contributed by atoms with E-state index < -0.39 is 24.5 Å². The number of ether oxygens (including phenoxy) is 2. The van der Waals surface area contributed by atoms with Crippen LogP contribution >= 0.6 is 11.6 Å². The first-order chi connectivity index (χ1) is 12.9. The molecule has 6 nitrogen and oxygen atoms in total. The molecule has 1 amide bonds. The molecule has 1 N–H and O–H groups in total. The molecule has 0 spiro atoms. The van der Waals surface area contributed by atoms with Crippen LogP contribution in [0.2, 0.25) is 5.02 Å². The van der Waals surface area contributed by atoms with Crippen LogP contribution in [0.25, 0.3) is 0 Å². The number of esters is 1. The van der Waals surface area contributed by atoms with Crippen LogP contribution in [0, 0.1) is 0 Å². The zero-order valence-electron chi connectivity index (χ0n) is 15.0. The van der Waals surface area contributed by atoms with E-state index in [0.29, 0.717) is 17.9 Å². The fourth-order valence-electron chi connectivity index (χ4n) is 2.23. The minimum atomic E-state index is -0.929. The molecular formula is C20H20ClNO5. The fourth-order valence-corrected chi connectivity index (χ4v) is 2.45. The summed E-state index contributed by atoms with van der Waals surface area (Å²) in [5, 5.41) is 2.77. The van der Waals surface area contributed by atoms with Crippen LogP contribution in [0.1, 0.15) is 34.6 Å². The van der Waals surface area contributed by atoms with Crippen molar-refractivity contribution in [3.05, 3.63) is 64.7 Å². The lowest BCUT2D eigenvalue weighted by atomic mass is 10.1. The molecular weight excluding hydrogens is 370 g/mol. The Morgan fingerprint density at radius 3 is 2.37 bits per heavy atom. The number of rotatable bonds is 8. The minimum absolute atomic E-state index is 0.254. The predicted molar refractivity (Wildman–Crippen MR) is 101 cm³/mol. The lowest BCUT2D eigenvalue weighted by Crippen LogP contribution is -2.40. The predicted octanol–water partition coefficient (Wildman–Crippen LogP) is 3.28. The van der Waals surface area contributed by atoms with E-state index in [-0.39, 0.29) is 16.4 Å². The highest BCUT2D eigenvalue weighted by Gasteiger charge is 2.20. The number of nitrogens with one attached hydrogen (secondary N) is 1. The molecule has 7 heteroatoms. The molecule has 0 aromatic heterocycles. The molecule has 0 aliphatic rings. The van der Waals surface area contributed by atoms with E-state index in [2.05, 4.69) is 5.32 Å². The lowest BCUT2D eigenvalue weighted by Gasteiger charge is -2.13. The number of hydrogen-bond acceptors (Lipinski definition) is 5. The van der Waals surface area contributed by atoms with Gasteiger partial charge in [-0.15, -0.1) is 0 Å². The van der Waals surface area contributed by atoms with Crippen molar-refractivity contribution in [2.24, 2.45) is 0 Å². The van der Waals surface area contributed by atoms with Crippen molar-refractivity contribution in [3.63, 3.8) is 0 Å². The number of carbonyl (C=O) groups excluding carboxylic acids is 3. The Balaban J connectivity index is 1.86. The SMILES string of the molecule is CCOc1ccc(C(=O)COC(=O)[C@H](C)NC(=O)c2ccccc2Cl)cc1. The Morgan fingerprint density at radius 1 is 1.07 bits per heavy atom. The second kappa shape index (κ2) is 9.73. The Bertz CT molecular complexity index is 819. The van der Waals surface area contributed by atoms with Gasteiger partial charge in [-0.1, -0.05) is 23.7 Å². The van der Waals surface area contributed by atoms with Crippen molar-refractivity contribution in [2.75, 3.05) is 13.2 Å². The number of Topliss-reactive ketones (excluding diaryl/α,β-unsaturated/α-hetero) is 1. The quantitative estimate of drug-likeness (QED) is 0.553. The van der Waals surface area contributed by atoms with Gasteiger partial charge in [0.05, 0.1) is 17.2 Å². The van der Waals surface area contributed by atoms with Crippen molar-refractivity contribution in [1.29, 1.82) is 0 Å². The summed E-state index contributed by atoms with van der Waals surface area (Å²) >= 11 is 5.95. The van der Waals surface area contributed by atoms with E-state index in [9.17, 15) is 14.4 Å². The van der Waals surface area contributed by atoms with Crippen LogP contribution in [-0.4, -0.2) is 36.9 Å². The molecule has 0 radical (unpaired) electrons. The summed E-state index contributed by atoms with van der Waals surface area (Å²) in [7, 11) is 0. The van der Waals surface area contributed by atoms with Gasteiger partial charge in [-0.25, -0.2) is 4.79 Å². The topological polar surface area (TPSA) is 81.7 Å². The summed E-state index contributed by atoms with van der Waals surface area (Å²) in [6.45, 7) is 3.45. The molecule has 0 aliphatic heterocycles. The van der Waals surface area contributed by atoms with Crippen molar-refractivity contribution in [2.45, 2.75) is 19.9 Å². The van der Waals surface area contributed by atoms with Crippen LogP contribution in [0.3, 0.4) is 0 Å². The molecule has 27 heavy (non-hydrogen) atoms. The first-order valence-electron chi connectivity index (χ1n) is 8.40. The summed E-state index contributed by atoms with van der Waals surface area (Å²) in [4.78, 5) is 36.3. The van der Waals surface area contributed by atoms with Crippen molar-refractivity contribution < 1.29 is 23.9 Å². The Labute approximate surface area is 162 Å². The largest absolute Gasteiger partial charge is 0.494 e. The summed E-state index contributed by atoms with van der Waals surface area (Å²) in [5.41, 5.74) is 0.656. The minimum Gasteiger partial charge on any atom is -0.494 e. The maximum atomic E-state index is 12.1. The van der Waals surface area contributed by atoms with E-state index >= 15 is 0 Å². The monoisotopic (exact) mass is 389 g/mol. The molecule has 0 aliphatic carbocycles. The van der Waals surface area contributed by atoms with E-state index in [1.54, 1.807) is 48.5 Å². The Morgan fingerprint density at radius 2 is 1.74 bits per heavy atom. The molecule has 1 atom stereocenters. The zero-order valence-corrected chi connectivity index (χ0v) is 15.8. The third-order valence-electron chi connectivity index (χ3n) is 3.65. The smallest absolute Gasteiger partial charge is 0.328 e. The molecule has 0 saturated heterocycles. The Kier molecular flexibility index (Phi) is 7.37. The van der Waals surface area contributed by atoms with Gasteiger partial charge in [-0.2, -0.15) is 0 Å². The second-order valence-corrected chi connectivity index (χ2v) is 6.07. The zero-order chi connectivity index (χ0) is 19.8. The molecule has 0 saturated carbocycles. The summed E-state index contributed by atoms with van der Waals surface area (Å²) < 4.78 is 10.3. The first kappa shape index (κ1) is 20.5. The standard InChI is InChI=1S/C20H20ClNO5/c1-3-26-15-10-8-14(9-11-15)18(23)12-27-20(25)13(2)22-19(24)16-6-4-5-7-17(16)21/h4-11,13H,3,12H2,1-2H3,(H,22,24)/t13-/m0/s1. The summed E-state index contributed by atoms with van der Waals surface area (Å²) in [5.74, 6) is -0.907. The normalized spacial score (nSPS) is 11.4. The van der Waals surface area contributed by atoms with Gasteiger partial charge < -0.3 is 14.8 Å². The number of ketones is 1.